The Morgan fingerprint density at radius 3 is 2.74 bits per heavy atom. The number of nitrogens with two attached hydrogens (primary N) is 1. The normalized spacial score (nSPS) is 36.3. The second-order valence-corrected chi connectivity index (χ2v) is 7.11. The van der Waals surface area contributed by atoms with Crippen molar-refractivity contribution in [1.29, 1.82) is 0 Å². The fourth-order valence-corrected chi connectivity index (χ4v) is 4.02. The molecule has 1 saturated carbocycles. The minimum absolute atomic E-state index is 0.00903. The van der Waals surface area contributed by atoms with Crippen LogP contribution in [-0.4, -0.2) is 42.8 Å². The average Bonchev–Trinajstić information content (AvgIpc) is 2.38. The molecule has 112 valence electrons. The molecule has 0 aromatic heterocycles. The lowest BCUT2D eigenvalue weighted by atomic mass is 9.75. The first-order valence-corrected chi connectivity index (χ1v) is 8.14. The summed E-state index contributed by atoms with van der Waals surface area (Å²) in [4.78, 5) is 2.67. The van der Waals surface area contributed by atoms with Crippen LogP contribution in [0, 0.1) is 11.8 Å². The second-order valence-electron chi connectivity index (χ2n) is 7.11. The Hall–Kier alpha value is -0.120. The van der Waals surface area contributed by atoms with Crippen molar-refractivity contribution in [3.63, 3.8) is 0 Å². The molecular formula is C16H32N2O. The minimum atomic E-state index is 0.00903. The van der Waals surface area contributed by atoms with Gasteiger partial charge >= 0.3 is 0 Å². The first-order valence-electron chi connectivity index (χ1n) is 8.14. The molecule has 3 unspecified atom stereocenters. The number of ether oxygens (including phenoxy) is 1. The first kappa shape index (κ1) is 15.3. The number of nitrogens with zero attached hydrogens (tertiary/aromatic N) is 1. The molecule has 3 atom stereocenters. The van der Waals surface area contributed by atoms with E-state index >= 15 is 0 Å². The summed E-state index contributed by atoms with van der Waals surface area (Å²) in [5, 5.41) is 0. The molecule has 0 amide bonds. The van der Waals surface area contributed by atoms with Crippen molar-refractivity contribution < 1.29 is 4.74 Å². The van der Waals surface area contributed by atoms with Gasteiger partial charge in [0.2, 0.25) is 0 Å². The molecule has 0 aromatic carbocycles. The fraction of sp³-hybridized carbons (Fsp3) is 1.00. The van der Waals surface area contributed by atoms with Crippen molar-refractivity contribution in [2.24, 2.45) is 17.6 Å². The maximum atomic E-state index is 6.03. The van der Waals surface area contributed by atoms with Crippen LogP contribution in [0.3, 0.4) is 0 Å². The summed E-state index contributed by atoms with van der Waals surface area (Å²) >= 11 is 0. The monoisotopic (exact) mass is 268 g/mol. The van der Waals surface area contributed by atoms with Crippen LogP contribution in [0.2, 0.25) is 0 Å². The quantitative estimate of drug-likeness (QED) is 0.852. The van der Waals surface area contributed by atoms with Gasteiger partial charge in [0, 0.05) is 19.1 Å². The fourth-order valence-electron chi connectivity index (χ4n) is 4.02. The van der Waals surface area contributed by atoms with Gasteiger partial charge in [0.05, 0.1) is 12.2 Å². The lowest BCUT2D eigenvalue weighted by molar-refractivity contribution is -0.109. The molecule has 1 aliphatic heterocycles. The highest BCUT2D eigenvalue weighted by Gasteiger charge is 2.37. The zero-order valence-corrected chi connectivity index (χ0v) is 13.0. The predicted molar refractivity (Wildman–Crippen MR) is 80.2 cm³/mol. The lowest BCUT2D eigenvalue weighted by Crippen LogP contribution is -2.56. The van der Waals surface area contributed by atoms with Crippen LogP contribution in [0.25, 0.3) is 0 Å². The number of hydrogen-bond donors (Lipinski definition) is 1. The highest BCUT2D eigenvalue weighted by molar-refractivity contribution is 4.91. The van der Waals surface area contributed by atoms with Crippen LogP contribution in [0.1, 0.15) is 52.9 Å². The SMILES string of the molecule is CCCC1CCC(CN)C(N2CCOC(C)(C)C2)C1. The molecule has 0 spiro atoms. The van der Waals surface area contributed by atoms with Crippen molar-refractivity contribution in [3.8, 4) is 0 Å². The molecule has 3 nitrogen and oxygen atoms in total. The number of hydrogen-bond acceptors (Lipinski definition) is 3. The van der Waals surface area contributed by atoms with Crippen LogP contribution < -0.4 is 5.73 Å². The van der Waals surface area contributed by atoms with Crippen molar-refractivity contribution >= 4 is 0 Å². The van der Waals surface area contributed by atoms with Crippen LogP contribution in [-0.2, 0) is 4.74 Å². The van der Waals surface area contributed by atoms with Crippen molar-refractivity contribution in [1.82, 2.24) is 4.90 Å². The third-order valence-electron chi connectivity index (χ3n) is 4.99. The summed E-state index contributed by atoms with van der Waals surface area (Å²) in [6, 6.07) is 0.693. The van der Waals surface area contributed by atoms with E-state index in [1.165, 1.54) is 32.1 Å². The smallest absolute Gasteiger partial charge is 0.0753 e. The molecule has 1 aliphatic carbocycles. The van der Waals surface area contributed by atoms with Crippen LogP contribution in [0.15, 0.2) is 0 Å². The van der Waals surface area contributed by atoms with Gasteiger partial charge in [0.1, 0.15) is 0 Å². The molecule has 0 radical (unpaired) electrons. The highest BCUT2D eigenvalue weighted by Crippen LogP contribution is 2.35. The van der Waals surface area contributed by atoms with Crippen molar-refractivity contribution in [3.05, 3.63) is 0 Å². The summed E-state index contributed by atoms with van der Waals surface area (Å²) in [5.74, 6) is 1.62. The molecule has 2 N–H and O–H groups in total. The van der Waals surface area contributed by atoms with E-state index in [1.807, 2.05) is 0 Å². The van der Waals surface area contributed by atoms with Gasteiger partial charge in [-0.15, -0.1) is 0 Å². The molecule has 2 fully saturated rings. The molecule has 19 heavy (non-hydrogen) atoms. The zero-order valence-electron chi connectivity index (χ0n) is 13.0. The van der Waals surface area contributed by atoms with E-state index < -0.39 is 0 Å². The Morgan fingerprint density at radius 2 is 2.11 bits per heavy atom. The van der Waals surface area contributed by atoms with Crippen LogP contribution in [0.5, 0.6) is 0 Å². The van der Waals surface area contributed by atoms with E-state index in [-0.39, 0.29) is 5.60 Å². The molecule has 0 bridgehead atoms. The molecule has 2 aliphatic rings. The van der Waals surface area contributed by atoms with Crippen molar-refractivity contribution in [2.45, 2.75) is 64.5 Å². The topological polar surface area (TPSA) is 38.5 Å². The Morgan fingerprint density at radius 1 is 1.32 bits per heavy atom. The molecule has 1 saturated heterocycles. The maximum Gasteiger partial charge on any atom is 0.0753 e. The number of morpholine rings is 1. The Bertz CT molecular complexity index is 280. The minimum Gasteiger partial charge on any atom is -0.373 e. The van der Waals surface area contributed by atoms with E-state index in [9.17, 15) is 0 Å². The van der Waals surface area contributed by atoms with Crippen molar-refractivity contribution in [2.75, 3.05) is 26.2 Å². The third kappa shape index (κ3) is 3.93. The molecule has 0 aromatic rings. The van der Waals surface area contributed by atoms with E-state index in [0.29, 0.717) is 12.0 Å². The van der Waals surface area contributed by atoms with Gasteiger partial charge in [-0.25, -0.2) is 0 Å². The summed E-state index contributed by atoms with van der Waals surface area (Å²) < 4.78 is 5.86. The van der Waals surface area contributed by atoms with E-state index in [4.69, 9.17) is 10.5 Å². The molecule has 2 rings (SSSR count). The largest absolute Gasteiger partial charge is 0.373 e. The van der Waals surface area contributed by atoms with Gasteiger partial charge in [0.25, 0.3) is 0 Å². The Balaban J connectivity index is 2.00. The van der Waals surface area contributed by atoms with E-state index in [0.717, 1.165) is 32.2 Å². The Kier molecular flexibility index (Phi) is 5.27. The third-order valence-corrected chi connectivity index (χ3v) is 4.99. The molecule has 1 heterocycles. The lowest BCUT2D eigenvalue weighted by Gasteiger charge is -2.47. The summed E-state index contributed by atoms with van der Waals surface area (Å²) in [7, 11) is 0. The van der Waals surface area contributed by atoms with Gasteiger partial charge in [-0.05, 0) is 45.1 Å². The maximum absolute atomic E-state index is 6.03. The van der Waals surface area contributed by atoms with Gasteiger partial charge in [-0.3, -0.25) is 4.90 Å². The standard InChI is InChI=1S/C16H32N2O/c1-4-5-13-6-7-14(11-17)15(10-13)18-8-9-19-16(2,3)12-18/h13-15H,4-12,17H2,1-3H3. The molecule has 3 heteroatoms. The average molecular weight is 268 g/mol. The van der Waals surface area contributed by atoms with Crippen LogP contribution in [0.4, 0.5) is 0 Å². The van der Waals surface area contributed by atoms with Gasteiger partial charge in [-0.1, -0.05) is 26.2 Å². The zero-order chi connectivity index (χ0) is 13.9. The summed E-state index contributed by atoms with van der Waals surface area (Å²) in [6.45, 7) is 10.6. The van der Waals surface area contributed by atoms with Gasteiger partial charge < -0.3 is 10.5 Å². The van der Waals surface area contributed by atoms with Gasteiger partial charge in [-0.2, -0.15) is 0 Å². The van der Waals surface area contributed by atoms with E-state index in [1.54, 1.807) is 0 Å². The number of rotatable bonds is 4. The van der Waals surface area contributed by atoms with E-state index in [2.05, 4.69) is 25.7 Å². The summed E-state index contributed by atoms with van der Waals surface area (Å²) in [6.07, 6.45) is 6.77. The first-order chi connectivity index (χ1) is 9.05. The van der Waals surface area contributed by atoms with Crippen LogP contribution >= 0.6 is 0 Å². The highest BCUT2D eigenvalue weighted by atomic mass is 16.5. The summed E-state index contributed by atoms with van der Waals surface area (Å²) in [5.41, 5.74) is 6.04. The predicted octanol–water partition coefficient (Wildman–Crippen LogP) is 2.64. The molecular weight excluding hydrogens is 236 g/mol. The van der Waals surface area contributed by atoms with Gasteiger partial charge in [0.15, 0.2) is 0 Å². The second kappa shape index (κ2) is 6.55. The Labute approximate surface area is 118 Å².